The van der Waals surface area contributed by atoms with E-state index in [1.807, 2.05) is 26.0 Å². The van der Waals surface area contributed by atoms with Gasteiger partial charge in [0.2, 0.25) is 0 Å². The van der Waals surface area contributed by atoms with E-state index in [1.54, 1.807) is 12.1 Å². The summed E-state index contributed by atoms with van der Waals surface area (Å²) in [5, 5.41) is 28.0. The van der Waals surface area contributed by atoms with Crippen LogP contribution in [-0.4, -0.2) is 23.3 Å². The number of nitriles is 1. The van der Waals surface area contributed by atoms with Crippen molar-refractivity contribution in [3.05, 3.63) is 23.8 Å². The van der Waals surface area contributed by atoms with Crippen LogP contribution >= 0.6 is 0 Å². The first kappa shape index (κ1) is 13.3. The fraction of sp³-hybridized carbons (Fsp3) is 0.462. The van der Waals surface area contributed by atoms with E-state index in [-0.39, 0.29) is 12.2 Å². The smallest absolute Gasteiger partial charge is 0.123 e. The number of nitrogens with zero attached hydrogens (tertiary/aromatic N) is 2. The summed E-state index contributed by atoms with van der Waals surface area (Å²) in [6, 6.07) is 7.03. The van der Waals surface area contributed by atoms with Gasteiger partial charge in [0.05, 0.1) is 18.6 Å². The lowest BCUT2D eigenvalue weighted by Gasteiger charge is -2.22. The Bertz CT molecular complexity index is 408. The van der Waals surface area contributed by atoms with Crippen LogP contribution in [-0.2, 0) is 0 Å². The number of hydrogen-bond acceptors (Lipinski definition) is 4. The van der Waals surface area contributed by atoms with Crippen LogP contribution in [0.5, 0.6) is 5.75 Å². The first-order valence-corrected chi connectivity index (χ1v) is 5.76. The summed E-state index contributed by atoms with van der Waals surface area (Å²) < 4.78 is 0. The minimum Gasteiger partial charge on any atom is -0.507 e. The molecule has 0 saturated carbocycles. The van der Waals surface area contributed by atoms with Gasteiger partial charge in [0.1, 0.15) is 5.75 Å². The molecule has 0 spiro atoms. The summed E-state index contributed by atoms with van der Waals surface area (Å²) >= 11 is 0. The molecule has 1 atom stereocenters. The monoisotopic (exact) mass is 234 g/mol. The van der Waals surface area contributed by atoms with Crippen molar-refractivity contribution in [2.24, 2.45) is 0 Å². The van der Waals surface area contributed by atoms with Gasteiger partial charge in [-0.15, -0.1) is 0 Å². The van der Waals surface area contributed by atoms with Crippen molar-refractivity contribution >= 4 is 5.69 Å². The number of benzene rings is 1. The molecular weight excluding hydrogens is 216 g/mol. The van der Waals surface area contributed by atoms with Crippen LogP contribution in [0, 0.1) is 11.3 Å². The average Bonchev–Trinajstić information content (AvgIpc) is 2.31. The van der Waals surface area contributed by atoms with Gasteiger partial charge in [-0.1, -0.05) is 6.07 Å². The summed E-state index contributed by atoms with van der Waals surface area (Å²) in [7, 11) is 0. The third-order valence-corrected chi connectivity index (χ3v) is 2.79. The second kappa shape index (κ2) is 6.12. The molecule has 0 heterocycles. The van der Waals surface area contributed by atoms with Gasteiger partial charge in [-0.25, -0.2) is 0 Å². The quantitative estimate of drug-likeness (QED) is 0.819. The highest BCUT2D eigenvalue weighted by Gasteiger charge is 2.13. The number of anilines is 1. The summed E-state index contributed by atoms with van der Waals surface area (Å²) in [5.41, 5.74) is 1.32. The van der Waals surface area contributed by atoms with Gasteiger partial charge in [-0.2, -0.15) is 5.26 Å². The number of aliphatic hydroxyl groups is 1. The Morgan fingerprint density at radius 1 is 1.35 bits per heavy atom. The largest absolute Gasteiger partial charge is 0.507 e. The summed E-state index contributed by atoms with van der Waals surface area (Å²) in [6.45, 7) is 5.80. The summed E-state index contributed by atoms with van der Waals surface area (Å²) in [6.07, 6.45) is -0.941. The zero-order valence-electron chi connectivity index (χ0n) is 10.2. The molecule has 0 fully saturated rings. The van der Waals surface area contributed by atoms with E-state index in [9.17, 15) is 10.2 Å². The highest BCUT2D eigenvalue weighted by atomic mass is 16.3. The Morgan fingerprint density at radius 2 is 2.00 bits per heavy atom. The molecule has 1 aromatic carbocycles. The second-order valence-corrected chi connectivity index (χ2v) is 3.79. The van der Waals surface area contributed by atoms with Crippen molar-refractivity contribution < 1.29 is 10.2 Å². The minimum atomic E-state index is -0.925. The van der Waals surface area contributed by atoms with Gasteiger partial charge in [0, 0.05) is 30.4 Å². The highest BCUT2D eigenvalue weighted by Crippen LogP contribution is 2.30. The molecule has 0 saturated heterocycles. The average molecular weight is 234 g/mol. The molecule has 2 N–H and O–H groups in total. The molecular formula is C13H18N2O2. The fourth-order valence-electron chi connectivity index (χ4n) is 1.80. The van der Waals surface area contributed by atoms with Gasteiger partial charge in [-0.05, 0) is 19.9 Å². The molecule has 1 aromatic rings. The minimum absolute atomic E-state index is 0.0157. The maximum Gasteiger partial charge on any atom is 0.123 e. The van der Waals surface area contributed by atoms with Gasteiger partial charge in [0.25, 0.3) is 0 Å². The van der Waals surface area contributed by atoms with E-state index >= 15 is 0 Å². The standard InChI is InChI=1S/C13H18N2O2/c1-3-15(4-2)10-5-6-11(13(17)9-10)12(16)7-8-14/h5-6,9,12,16-17H,3-4,7H2,1-2H3. The number of hydrogen-bond donors (Lipinski definition) is 2. The van der Waals surface area contributed by atoms with Crippen LogP contribution in [0.1, 0.15) is 31.9 Å². The first-order valence-electron chi connectivity index (χ1n) is 5.76. The van der Waals surface area contributed by atoms with E-state index in [4.69, 9.17) is 5.26 Å². The molecule has 0 radical (unpaired) electrons. The van der Waals surface area contributed by atoms with Crippen molar-refractivity contribution in [2.75, 3.05) is 18.0 Å². The van der Waals surface area contributed by atoms with E-state index in [2.05, 4.69) is 4.90 Å². The number of aromatic hydroxyl groups is 1. The molecule has 0 amide bonds. The Balaban J connectivity index is 2.97. The molecule has 0 aliphatic rings. The molecule has 0 aliphatic heterocycles. The third-order valence-electron chi connectivity index (χ3n) is 2.79. The van der Waals surface area contributed by atoms with Crippen LogP contribution in [0.2, 0.25) is 0 Å². The Hall–Kier alpha value is -1.73. The fourth-order valence-corrected chi connectivity index (χ4v) is 1.80. The number of phenolic OH excluding ortho intramolecular Hbond substituents is 1. The number of aliphatic hydroxyl groups excluding tert-OH is 1. The third kappa shape index (κ3) is 3.11. The molecule has 17 heavy (non-hydrogen) atoms. The van der Waals surface area contributed by atoms with Crippen LogP contribution in [0.15, 0.2) is 18.2 Å². The summed E-state index contributed by atoms with van der Waals surface area (Å²) in [5.74, 6) is 0.0390. The van der Waals surface area contributed by atoms with Gasteiger partial charge in [0.15, 0.2) is 0 Å². The van der Waals surface area contributed by atoms with Crippen molar-refractivity contribution in [3.8, 4) is 11.8 Å². The Kier molecular flexibility index (Phi) is 4.80. The van der Waals surface area contributed by atoms with Crippen LogP contribution in [0.25, 0.3) is 0 Å². The van der Waals surface area contributed by atoms with Gasteiger partial charge in [-0.3, -0.25) is 0 Å². The maximum absolute atomic E-state index is 9.83. The van der Waals surface area contributed by atoms with Crippen molar-refractivity contribution in [1.82, 2.24) is 0 Å². The molecule has 0 aliphatic carbocycles. The van der Waals surface area contributed by atoms with Crippen LogP contribution in [0.4, 0.5) is 5.69 Å². The molecule has 4 nitrogen and oxygen atoms in total. The molecule has 1 rings (SSSR count). The SMILES string of the molecule is CCN(CC)c1ccc(C(O)CC#N)c(O)c1. The predicted octanol–water partition coefficient (Wildman–Crippen LogP) is 2.19. The molecule has 1 unspecified atom stereocenters. The van der Waals surface area contributed by atoms with Crippen LogP contribution in [0.3, 0.4) is 0 Å². The first-order chi connectivity index (χ1) is 8.13. The molecule has 92 valence electrons. The zero-order chi connectivity index (χ0) is 12.8. The zero-order valence-corrected chi connectivity index (χ0v) is 10.2. The topological polar surface area (TPSA) is 67.5 Å². The Labute approximate surface area is 102 Å². The van der Waals surface area contributed by atoms with E-state index in [1.165, 1.54) is 0 Å². The van der Waals surface area contributed by atoms with Crippen molar-refractivity contribution in [3.63, 3.8) is 0 Å². The number of rotatable bonds is 5. The maximum atomic E-state index is 9.83. The lowest BCUT2D eigenvalue weighted by molar-refractivity contribution is 0.179. The lowest BCUT2D eigenvalue weighted by atomic mass is 10.1. The van der Waals surface area contributed by atoms with Crippen molar-refractivity contribution in [2.45, 2.75) is 26.4 Å². The van der Waals surface area contributed by atoms with E-state index in [0.717, 1.165) is 18.8 Å². The normalized spacial score (nSPS) is 11.9. The molecule has 0 aromatic heterocycles. The lowest BCUT2D eigenvalue weighted by Crippen LogP contribution is -2.21. The Morgan fingerprint density at radius 3 is 2.47 bits per heavy atom. The molecule has 0 bridgehead atoms. The van der Waals surface area contributed by atoms with Gasteiger partial charge >= 0.3 is 0 Å². The highest BCUT2D eigenvalue weighted by molar-refractivity contribution is 5.53. The van der Waals surface area contributed by atoms with Crippen LogP contribution < -0.4 is 4.90 Å². The van der Waals surface area contributed by atoms with Gasteiger partial charge < -0.3 is 15.1 Å². The number of phenols is 1. The second-order valence-electron chi connectivity index (χ2n) is 3.79. The predicted molar refractivity (Wildman–Crippen MR) is 66.9 cm³/mol. The van der Waals surface area contributed by atoms with Crippen molar-refractivity contribution in [1.29, 1.82) is 5.26 Å². The molecule has 4 heteroatoms. The van der Waals surface area contributed by atoms with E-state index < -0.39 is 6.10 Å². The summed E-state index contributed by atoms with van der Waals surface area (Å²) in [4.78, 5) is 2.10. The van der Waals surface area contributed by atoms with E-state index in [0.29, 0.717) is 5.56 Å².